The maximum atomic E-state index is 11.8. The Bertz CT molecular complexity index is 740. The summed E-state index contributed by atoms with van der Waals surface area (Å²) in [6.07, 6.45) is 0.683. The third kappa shape index (κ3) is 5.21. The molecule has 1 aliphatic rings. The number of guanidine groups is 1. The van der Waals surface area contributed by atoms with Crippen LogP contribution in [0.4, 0.5) is 0 Å². The predicted molar refractivity (Wildman–Crippen MR) is 102 cm³/mol. The highest BCUT2D eigenvalue weighted by atomic mass is 32.2. The number of hydrogen-bond donors (Lipinski definition) is 3. The van der Waals surface area contributed by atoms with Crippen LogP contribution in [0.15, 0.2) is 15.5 Å². The van der Waals surface area contributed by atoms with Crippen LogP contribution in [0, 0.1) is 13.8 Å². The van der Waals surface area contributed by atoms with Crippen LogP contribution in [-0.4, -0.2) is 62.3 Å². The topological polar surface area (TPSA) is 107 Å². The smallest absolute Gasteiger partial charge is 0.214 e. The molecule has 3 N–H and O–H groups in total. The zero-order valence-corrected chi connectivity index (χ0v) is 16.8. The number of aliphatic imine (C=N–C) groups is 1. The first kappa shape index (κ1) is 20.7. The van der Waals surface area contributed by atoms with Gasteiger partial charge in [-0.25, -0.2) is 17.7 Å². The average Bonchev–Trinajstić information content (AvgIpc) is 3.06. The van der Waals surface area contributed by atoms with E-state index in [2.05, 4.69) is 15.6 Å². The van der Waals surface area contributed by atoms with Gasteiger partial charge in [-0.1, -0.05) is 0 Å². The van der Waals surface area contributed by atoms with Gasteiger partial charge in [-0.05, 0) is 40.2 Å². The normalized spacial score (nSPS) is 20.1. The Labute approximate surface area is 155 Å². The molecule has 1 saturated heterocycles. The Morgan fingerprint density at radius 3 is 2.69 bits per heavy atom. The van der Waals surface area contributed by atoms with Gasteiger partial charge in [-0.2, -0.15) is 0 Å². The van der Waals surface area contributed by atoms with Crippen molar-refractivity contribution >= 4 is 16.0 Å². The minimum Gasteiger partial charge on any atom is -0.466 e. The second-order valence-electron chi connectivity index (χ2n) is 6.79. The molecule has 0 saturated carbocycles. The number of aryl methyl sites for hydroxylation is 2. The molecular formula is C17H30N4O4S. The summed E-state index contributed by atoms with van der Waals surface area (Å²) >= 11 is 0. The molecule has 1 fully saturated rings. The Kier molecular flexibility index (Phi) is 6.70. The first-order valence-corrected chi connectivity index (χ1v) is 10.6. The molecule has 0 spiro atoms. The molecule has 148 valence electrons. The maximum absolute atomic E-state index is 11.8. The quantitative estimate of drug-likeness (QED) is 0.470. The van der Waals surface area contributed by atoms with Gasteiger partial charge in [0.15, 0.2) is 5.96 Å². The largest absolute Gasteiger partial charge is 0.466 e. The van der Waals surface area contributed by atoms with Crippen LogP contribution in [0.1, 0.15) is 37.4 Å². The van der Waals surface area contributed by atoms with Gasteiger partial charge in [-0.3, -0.25) is 0 Å². The molecule has 1 aromatic heterocycles. The summed E-state index contributed by atoms with van der Waals surface area (Å²) < 4.78 is 30.6. The Hall–Kier alpha value is -1.58. The Morgan fingerprint density at radius 1 is 1.42 bits per heavy atom. The van der Waals surface area contributed by atoms with Crippen LogP contribution >= 0.6 is 0 Å². The lowest BCUT2D eigenvalue weighted by atomic mass is 9.96. The second kappa shape index (κ2) is 8.41. The van der Waals surface area contributed by atoms with E-state index in [9.17, 15) is 13.5 Å². The van der Waals surface area contributed by atoms with E-state index in [0.717, 1.165) is 11.3 Å². The van der Waals surface area contributed by atoms with Crippen LogP contribution in [0.5, 0.6) is 0 Å². The van der Waals surface area contributed by atoms with Crippen molar-refractivity contribution in [1.82, 2.24) is 14.9 Å². The summed E-state index contributed by atoms with van der Waals surface area (Å²) in [6, 6.07) is 1.82. The molecule has 0 bridgehead atoms. The third-order valence-electron chi connectivity index (χ3n) is 4.37. The monoisotopic (exact) mass is 386 g/mol. The molecule has 0 aromatic carbocycles. The van der Waals surface area contributed by atoms with E-state index >= 15 is 0 Å². The summed E-state index contributed by atoms with van der Waals surface area (Å²) in [7, 11) is -3.09. The molecule has 1 atom stereocenters. The van der Waals surface area contributed by atoms with Crippen LogP contribution in [0.25, 0.3) is 0 Å². The Morgan fingerprint density at radius 2 is 2.15 bits per heavy atom. The van der Waals surface area contributed by atoms with E-state index in [1.54, 1.807) is 6.92 Å². The number of sulfonamides is 1. The van der Waals surface area contributed by atoms with Gasteiger partial charge in [0.2, 0.25) is 10.0 Å². The van der Waals surface area contributed by atoms with E-state index in [-0.39, 0.29) is 12.3 Å². The van der Waals surface area contributed by atoms with Crippen molar-refractivity contribution in [3.63, 3.8) is 0 Å². The highest BCUT2D eigenvalue weighted by Gasteiger charge is 2.28. The summed E-state index contributed by atoms with van der Waals surface area (Å²) in [4.78, 5) is 4.45. The number of nitrogens with zero attached hydrogens (tertiary/aromatic N) is 2. The molecule has 0 radical (unpaired) electrons. The molecule has 1 aromatic rings. The fraction of sp³-hybridized carbons (Fsp3) is 0.706. The van der Waals surface area contributed by atoms with Crippen LogP contribution < -0.4 is 10.6 Å². The highest BCUT2D eigenvalue weighted by Crippen LogP contribution is 2.27. The fourth-order valence-electron chi connectivity index (χ4n) is 3.07. The molecule has 0 amide bonds. The lowest BCUT2D eigenvalue weighted by Crippen LogP contribution is -2.42. The molecule has 2 rings (SSSR count). The van der Waals surface area contributed by atoms with Gasteiger partial charge < -0.3 is 20.2 Å². The molecule has 9 heteroatoms. The molecule has 26 heavy (non-hydrogen) atoms. The van der Waals surface area contributed by atoms with Gasteiger partial charge in [0.05, 0.1) is 12.3 Å². The van der Waals surface area contributed by atoms with Crippen LogP contribution in [0.3, 0.4) is 0 Å². The maximum Gasteiger partial charge on any atom is 0.214 e. The van der Waals surface area contributed by atoms with Gasteiger partial charge in [0.25, 0.3) is 0 Å². The summed E-state index contributed by atoms with van der Waals surface area (Å²) in [5, 5.41) is 17.0. The lowest BCUT2D eigenvalue weighted by molar-refractivity contribution is 0.0657. The summed E-state index contributed by atoms with van der Waals surface area (Å²) in [5.41, 5.74) is -0.430. The molecule has 1 aliphatic heterocycles. The van der Waals surface area contributed by atoms with Gasteiger partial charge in [0, 0.05) is 31.7 Å². The number of hydrogen-bond acceptors (Lipinski definition) is 5. The number of rotatable bonds is 7. The first-order chi connectivity index (χ1) is 12.2. The SMILES string of the molecule is CCNC(=NCC(C)(O)c1cc(C)oc1C)NCCN1CCCS1(=O)=O. The van der Waals surface area contributed by atoms with E-state index < -0.39 is 15.6 Å². The number of aliphatic hydroxyl groups is 1. The fourth-order valence-corrected chi connectivity index (χ4v) is 4.60. The number of furan rings is 1. The second-order valence-corrected chi connectivity index (χ2v) is 8.88. The van der Waals surface area contributed by atoms with E-state index in [1.165, 1.54) is 4.31 Å². The van der Waals surface area contributed by atoms with Crippen molar-refractivity contribution in [2.75, 3.05) is 38.5 Å². The van der Waals surface area contributed by atoms with E-state index in [0.29, 0.717) is 44.3 Å². The first-order valence-electron chi connectivity index (χ1n) is 8.95. The average molecular weight is 387 g/mol. The zero-order chi connectivity index (χ0) is 19.4. The predicted octanol–water partition coefficient (Wildman–Crippen LogP) is 0.695. The van der Waals surface area contributed by atoms with E-state index in [4.69, 9.17) is 4.42 Å². The summed E-state index contributed by atoms with van der Waals surface area (Å²) in [6.45, 7) is 9.57. The zero-order valence-electron chi connectivity index (χ0n) is 16.0. The highest BCUT2D eigenvalue weighted by molar-refractivity contribution is 7.89. The summed E-state index contributed by atoms with van der Waals surface area (Å²) in [5.74, 6) is 2.20. The van der Waals surface area contributed by atoms with Gasteiger partial charge in [-0.15, -0.1) is 0 Å². The van der Waals surface area contributed by atoms with Crippen molar-refractivity contribution in [3.05, 3.63) is 23.2 Å². The van der Waals surface area contributed by atoms with Crippen molar-refractivity contribution in [2.45, 2.75) is 39.7 Å². The van der Waals surface area contributed by atoms with Crippen LogP contribution in [-0.2, 0) is 15.6 Å². The van der Waals surface area contributed by atoms with Crippen molar-refractivity contribution < 1.29 is 17.9 Å². The molecule has 2 heterocycles. The molecule has 1 unspecified atom stereocenters. The standard InChI is InChI=1S/C17H30N4O4S/c1-5-18-16(19-7-9-21-8-6-10-26(21,23)24)20-12-17(4,22)15-11-13(2)25-14(15)3/h11,22H,5-10,12H2,1-4H3,(H2,18,19,20). The van der Waals surface area contributed by atoms with Crippen LogP contribution in [0.2, 0.25) is 0 Å². The minimum atomic E-state index is -3.09. The molecule has 0 aliphatic carbocycles. The third-order valence-corrected chi connectivity index (χ3v) is 6.32. The van der Waals surface area contributed by atoms with Crippen molar-refractivity contribution in [2.24, 2.45) is 4.99 Å². The van der Waals surface area contributed by atoms with Crippen molar-refractivity contribution in [3.8, 4) is 0 Å². The van der Waals surface area contributed by atoms with Gasteiger partial charge >= 0.3 is 0 Å². The van der Waals surface area contributed by atoms with Crippen molar-refractivity contribution in [1.29, 1.82) is 0 Å². The number of nitrogens with one attached hydrogen (secondary N) is 2. The Balaban J connectivity index is 1.96. The van der Waals surface area contributed by atoms with Gasteiger partial charge in [0.1, 0.15) is 17.1 Å². The minimum absolute atomic E-state index is 0.157. The molecular weight excluding hydrogens is 356 g/mol. The molecule has 8 nitrogen and oxygen atoms in total. The van der Waals surface area contributed by atoms with E-state index in [1.807, 2.05) is 26.8 Å². The lowest BCUT2D eigenvalue weighted by Gasteiger charge is -2.22.